The van der Waals surface area contributed by atoms with Crippen LogP contribution in [0.1, 0.15) is 32.0 Å². The number of hydrogen-bond donors (Lipinski definition) is 0. The molecule has 2 aromatic carbocycles. The summed E-state index contributed by atoms with van der Waals surface area (Å²) < 4.78 is 10.4. The number of Topliss-reactive ketones (excluding diaryl/α,β-unsaturated/α-hetero) is 1. The summed E-state index contributed by atoms with van der Waals surface area (Å²) in [6, 6.07) is 14.1. The first-order chi connectivity index (χ1) is 12.5. The second-order valence-corrected chi connectivity index (χ2v) is 5.94. The third-order valence-corrected chi connectivity index (χ3v) is 4.33. The van der Waals surface area contributed by atoms with Gasteiger partial charge in [0.15, 0.2) is 12.4 Å². The summed E-state index contributed by atoms with van der Waals surface area (Å²) in [5, 5.41) is 0.720. The van der Waals surface area contributed by atoms with Crippen LogP contribution in [0.2, 0.25) is 0 Å². The summed E-state index contributed by atoms with van der Waals surface area (Å²) >= 11 is 0. The van der Waals surface area contributed by atoms with Crippen LogP contribution in [-0.2, 0) is 4.74 Å². The minimum atomic E-state index is -0.522. The van der Waals surface area contributed by atoms with Gasteiger partial charge in [0, 0.05) is 16.6 Å². The van der Waals surface area contributed by atoms with Crippen molar-refractivity contribution in [2.45, 2.75) is 13.8 Å². The summed E-state index contributed by atoms with van der Waals surface area (Å²) in [6.07, 6.45) is 0. The van der Waals surface area contributed by atoms with Crippen LogP contribution in [0, 0.1) is 13.8 Å². The van der Waals surface area contributed by atoms with Crippen molar-refractivity contribution in [1.29, 1.82) is 0 Å². The molecule has 0 amide bonds. The first-order valence-electron chi connectivity index (χ1n) is 8.21. The van der Waals surface area contributed by atoms with Crippen molar-refractivity contribution in [3.63, 3.8) is 0 Å². The van der Waals surface area contributed by atoms with Gasteiger partial charge in [0.05, 0.1) is 18.2 Å². The molecule has 0 spiro atoms. The Kier molecular flexibility index (Phi) is 4.98. The molecular formula is C21H19NO4. The zero-order valence-corrected chi connectivity index (χ0v) is 14.9. The van der Waals surface area contributed by atoms with E-state index in [2.05, 4.69) is 4.98 Å². The third-order valence-electron chi connectivity index (χ3n) is 4.33. The molecule has 5 nitrogen and oxygen atoms in total. The number of fused-ring (bicyclic) bond motifs is 1. The van der Waals surface area contributed by atoms with Crippen molar-refractivity contribution in [3.05, 3.63) is 70.9 Å². The molecular weight excluding hydrogens is 330 g/mol. The molecule has 0 radical (unpaired) electrons. The number of rotatable bonds is 5. The van der Waals surface area contributed by atoms with Crippen LogP contribution in [0.3, 0.4) is 0 Å². The largest absolute Gasteiger partial charge is 0.497 e. The normalized spacial score (nSPS) is 10.6. The number of carbonyl (C=O) groups is 2. The molecule has 132 valence electrons. The Balaban J connectivity index is 1.81. The zero-order chi connectivity index (χ0) is 18.7. The SMILES string of the molecule is COc1ccc(C(=O)COC(=O)c2c(C)c(C)nc3ccccc23)cc1. The van der Waals surface area contributed by atoms with E-state index in [9.17, 15) is 9.59 Å². The van der Waals surface area contributed by atoms with E-state index in [1.165, 1.54) is 0 Å². The van der Waals surface area contributed by atoms with Crippen molar-refractivity contribution in [2.24, 2.45) is 0 Å². The molecule has 0 unspecified atom stereocenters. The summed E-state index contributed by atoms with van der Waals surface area (Å²) in [6.45, 7) is 3.36. The predicted octanol–water partition coefficient (Wildman–Crippen LogP) is 3.90. The number of nitrogens with zero attached hydrogens (tertiary/aromatic N) is 1. The average molecular weight is 349 g/mol. The molecule has 0 saturated heterocycles. The lowest BCUT2D eigenvalue weighted by Crippen LogP contribution is -2.16. The fourth-order valence-corrected chi connectivity index (χ4v) is 2.76. The number of para-hydroxylation sites is 1. The molecule has 0 N–H and O–H groups in total. The Morgan fingerprint density at radius 3 is 2.38 bits per heavy atom. The molecule has 1 heterocycles. The Morgan fingerprint density at radius 2 is 1.69 bits per heavy atom. The molecule has 0 atom stereocenters. The molecule has 0 bridgehead atoms. The standard InChI is InChI=1S/C21H19NO4/c1-13-14(2)22-18-7-5-4-6-17(18)20(13)21(24)26-12-19(23)15-8-10-16(25-3)11-9-15/h4-11H,12H2,1-3H3. The number of carbonyl (C=O) groups excluding carboxylic acids is 2. The van der Waals surface area contributed by atoms with Gasteiger partial charge in [-0.3, -0.25) is 9.78 Å². The molecule has 3 aromatic rings. The number of ether oxygens (including phenoxy) is 2. The van der Waals surface area contributed by atoms with Gasteiger partial charge in [-0.1, -0.05) is 18.2 Å². The number of hydrogen-bond acceptors (Lipinski definition) is 5. The fourth-order valence-electron chi connectivity index (χ4n) is 2.76. The molecule has 5 heteroatoms. The first-order valence-corrected chi connectivity index (χ1v) is 8.21. The summed E-state index contributed by atoms with van der Waals surface area (Å²) in [5.74, 6) is -0.132. The second kappa shape index (κ2) is 7.35. The van der Waals surface area contributed by atoms with E-state index in [0.29, 0.717) is 16.9 Å². The second-order valence-electron chi connectivity index (χ2n) is 5.94. The Labute approximate surface area is 151 Å². The summed E-state index contributed by atoms with van der Waals surface area (Å²) in [5.41, 5.74) is 3.16. The first kappa shape index (κ1) is 17.6. The van der Waals surface area contributed by atoms with Gasteiger partial charge in [0.2, 0.25) is 0 Å². The topological polar surface area (TPSA) is 65.5 Å². The van der Waals surface area contributed by atoms with Crippen LogP contribution in [-0.4, -0.2) is 30.5 Å². The highest BCUT2D eigenvalue weighted by atomic mass is 16.5. The van der Waals surface area contributed by atoms with Crippen molar-refractivity contribution < 1.29 is 19.1 Å². The number of benzene rings is 2. The number of aryl methyl sites for hydroxylation is 1. The molecule has 3 rings (SSSR count). The highest BCUT2D eigenvalue weighted by Gasteiger charge is 2.19. The van der Waals surface area contributed by atoms with Crippen LogP contribution < -0.4 is 4.74 Å². The van der Waals surface area contributed by atoms with E-state index in [0.717, 1.165) is 22.2 Å². The van der Waals surface area contributed by atoms with Crippen LogP contribution in [0.4, 0.5) is 0 Å². The average Bonchev–Trinajstić information content (AvgIpc) is 2.67. The molecule has 0 aliphatic carbocycles. The van der Waals surface area contributed by atoms with Gasteiger partial charge in [-0.15, -0.1) is 0 Å². The fraction of sp³-hybridized carbons (Fsp3) is 0.190. The highest BCUT2D eigenvalue weighted by Crippen LogP contribution is 2.23. The van der Waals surface area contributed by atoms with Gasteiger partial charge in [0.25, 0.3) is 0 Å². The van der Waals surface area contributed by atoms with E-state index in [1.54, 1.807) is 31.4 Å². The Bertz CT molecular complexity index is 977. The summed E-state index contributed by atoms with van der Waals surface area (Å²) in [4.78, 5) is 29.4. The monoisotopic (exact) mass is 349 g/mol. The molecule has 0 fully saturated rings. The lowest BCUT2D eigenvalue weighted by Gasteiger charge is -2.12. The maximum atomic E-state index is 12.6. The predicted molar refractivity (Wildman–Crippen MR) is 98.8 cm³/mol. The lowest BCUT2D eigenvalue weighted by atomic mass is 10.0. The van der Waals surface area contributed by atoms with E-state index < -0.39 is 5.97 Å². The number of esters is 1. The van der Waals surface area contributed by atoms with Gasteiger partial charge in [-0.05, 0) is 49.7 Å². The van der Waals surface area contributed by atoms with Crippen LogP contribution >= 0.6 is 0 Å². The van der Waals surface area contributed by atoms with Crippen molar-refractivity contribution in [3.8, 4) is 5.75 Å². The van der Waals surface area contributed by atoms with Crippen LogP contribution in [0.5, 0.6) is 5.75 Å². The molecule has 0 aliphatic rings. The van der Waals surface area contributed by atoms with E-state index >= 15 is 0 Å². The quantitative estimate of drug-likeness (QED) is 0.516. The number of ketones is 1. The van der Waals surface area contributed by atoms with Crippen molar-refractivity contribution in [2.75, 3.05) is 13.7 Å². The smallest absolute Gasteiger partial charge is 0.339 e. The van der Waals surface area contributed by atoms with Crippen LogP contribution in [0.25, 0.3) is 10.9 Å². The van der Waals surface area contributed by atoms with Crippen LogP contribution in [0.15, 0.2) is 48.5 Å². The zero-order valence-electron chi connectivity index (χ0n) is 14.9. The van der Waals surface area contributed by atoms with Crippen molar-refractivity contribution >= 4 is 22.7 Å². The minimum Gasteiger partial charge on any atom is -0.497 e. The maximum Gasteiger partial charge on any atom is 0.339 e. The van der Waals surface area contributed by atoms with Crippen molar-refractivity contribution in [1.82, 2.24) is 4.98 Å². The molecule has 1 aromatic heterocycles. The Hall–Kier alpha value is -3.21. The van der Waals surface area contributed by atoms with Gasteiger partial charge in [-0.25, -0.2) is 4.79 Å². The van der Waals surface area contributed by atoms with E-state index in [4.69, 9.17) is 9.47 Å². The highest BCUT2D eigenvalue weighted by molar-refractivity contribution is 6.06. The number of aromatic nitrogens is 1. The van der Waals surface area contributed by atoms with Gasteiger partial charge in [0.1, 0.15) is 5.75 Å². The number of pyridine rings is 1. The molecule has 0 saturated carbocycles. The Morgan fingerprint density at radius 1 is 1.00 bits per heavy atom. The minimum absolute atomic E-state index is 0.270. The van der Waals surface area contributed by atoms with Gasteiger partial charge < -0.3 is 9.47 Å². The van der Waals surface area contributed by atoms with E-state index in [-0.39, 0.29) is 12.4 Å². The van der Waals surface area contributed by atoms with E-state index in [1.807, 2.05) is 38.1 Å². The number of methoxy groups -OCH3 is 1. The van der Waals surface area contributed by atoms with Gasteiger partial charge >= 0.3 is 5.97 Å². The maximum absolute atomic E-state index is 12.6. The molecule has 26 heavy (non-hydrogen) atoms. The lowest BCUT2D eigenvalue weighted by molar-refractivity contribution is 0.0476. The molecule has 0 aliphatic heterocycles. The van der Waals surface area contributed by atoms with Gasteiger partial charge in [-0.2, -0.15) is 0 Å². The summed E-state index contributed by atoms with van der Waals surface area (Å²) in [7, 11) is 1.56. The third kappa shape index (κ3) is 3.42.